The molecule has 1 N–H and O–H groups in total. The molecule has 1 aliphatic rings. The topological polar surface area (TPSA) is 32.3 Å². The number of amides is 1. The number of halogens is 3. The SMILES string of the molecule is CC(=O)NC[C@@H]1CCCN(Cc2ccccc2C(F)(F)F)C1. The molecule has 1 fully saturated rings. The number of piperidine rings is 1. The molecule has 122 valence electrons. The van der Waals surface area contributed by atoms with Gasteiger partial charge in [-0.2, -0.15) is 13.2 Å². The van der Waals surface area contributed by atoms with Gasteiger partial charge in [0, 0.05) is 26.6 Å². The summed E-state index contributed by atoms with van der Waals surface area (Å²) in [6, 6.07) is 5.74. The number of hydrogen-bond donors (Lipinski definition) is 1. The third kappa shape index (κ3) is 4.73. The Morgan fingerprint density at radius 3 is 2.77 bits per heavy atom. The Hall–Kier alpha value is -1.56. The fraction of sp³-hybridized carbons (Fsp3) is 0.562. The zero-order valence-corrected chi connectivity index (χ0v) is 12.6. The number of carbonyl (C=O) groups excluding carboxylic acids is 1. The van der Waals surface area contributed by atoms with E-state index in [1.807, 2.05) is 4.90 Å². The van der Waals surface area contributed by atoms with Gasteiger partial charge in [-0.1, -0.05) is 18.2 Å². The Morgan fingerprint density at radius 2 is 2.09 bits per heavy atom. The minimum absolute atomic E-state index is 0.0699. The highest BCUT2D eigenvalue weighted by Gasteiger charge is 2.33. The van der Waals surface area contributed by atoms with E-state index in [-0.39, 0.29) is 5.91 Å². The zero-order valence-electron chi connectivity index (χ0n) is 12.6. The highest BCUT2D eigenvalue weighted by atomic mass is 19.4. The lowest BCUT2D eigenvalue weighted by Crippen LogP contribution is -2.40. The van der Waals surface area contributed by atoms with Crippen molar-refractivity contribution in [1.82, 2.24) is 10.2 Å². The van der Waals surface area contributed by atoms with E-state index in [9.17, 15) is 18.0 Å². The molecule has 0 radical (unpaired) electrons. The summed E-state index contributed by atoms with van der Waals surface area (Å²) in [6.45, 7) is 3.87. The molecule has 1 heterocycles. The van der Waals surface area contributed by atoms with Crippen LogP contribution in [-0.2, 0) is 17.5 Å². The second kappa shape index (κ2) is 7.13. The molecule has 1 aromatic carbocycles. The van der Waals surface area contributed by atoms with E-state index in [4.69, 9.17) is 0 Å². The van der Waals surface area contributed by atoms with Gasteiger partial charge in [-0.3, -0.25) is 9.69 Å². The molecule has 0 unspecified atom stereocenters. The van der Waals surface area contributed by atoms with Gasteiger partial charge in [-0.15, -0.1) is 0 Å². The summed E-state index contributed by atoms with van der Waals surface area (Å²) in [6.07, 6.45) is -2.38. The van der Waals surface area contributed by atoms with Crippen molar-refractivity contribution in [2.24, 2.45) is 5.92 Å². The number of benzene rings is 1. The van der Waals surface area contributed by atoms with Crippen molar-refractivity contribution in [2.45, 2.75) is 32.5 Å². The van der Waals surface area contributed by atoms with Crippen LogP contribution >= 0.6 is 0 Å². The van der Waals surface area contributed by atoms with E-state index in [0.29, 0.717) is 31.1 Å². The molecule has 3 nitrogen and oxygen atoms in total. The minimum Gasteiger partial charge on any atom is -0.356 e. The van der Waals surface area contributed by atoms with Crippen LogP contribution in [0.4, 0.5) is 13.2 Å². The van der Waals surface area contributed by atoms with E-state index in [1.54, 1.807) is 12.1 Å². The van der Waals surface area contributed by atoms with Crippen LogP contribution in [-0.4, -0.2) is 30.4 Å². The Bertz CT molecular complexity index is 516. The van der Waals surface area contributed by atoms with E-state index in [2.05, 4.69) is 5.32 Å². The maximum absolute atomic E-state index is 13.0. The third-order valence-electron chi connectivity index (χ3n) is 3.96. The van der Waals surface area contributed by atoms with Crippen LogP contribution in [0.1, 0.15) is 30.9 Å². The Kier molecular flexibility index (Phi) is 5.45. The molecule has 0 bridgehead atoms. The lowest BCUT2D eigenvalue weighted by atomic mass is 9.97. The molecule has 22 heavy (non-hydrogen) atoms. The van der Waals surface area contributed by atoms with Crippen molar-refractivity contribution < 1.29 is 18.0 Å². The predicted molar refractivity (Wildman–Crippen MR) is 78.1 cm³/mol. The Balaban J connectivity index is 2.00. The van der Waals surface area contributed by atoms with Crippen LogP contribution in [0, 0.1) is 5.92 Å². The maximum atomic E-state index is 13.0. The van der Waals surface area contributed by atoms with E-state index in [1.165, 1.54) is 13.0 Å². The number of carbonyl (C=O) groups is 1. The quantitative estimate of drug-likeness (QED) is 0.926. The first-order valence-electron chi connectivity index (χ1n) is 7.48. The van der Waals surface area contributed by atoms with E-state index in [0.717, 1.165) is 25.5 Å². The lowest BCUT2D eigenvalue weighted by molar-refractivity contribution is -0.138. The summed E-state index contributed by atoms with van der Waals surface area (Å²) < 4.78 is 39.1. The van der Waals surface area contributed by atoms with Gasteiger partial charge in [0.05, 0.1) is 5.56 Å². The van der Waals surface area contributed by atoms with Crippen molar-refractivity contribution in [3.63, 3.8) is 0 Å². The number of nitrogens with zero attached hydrogens (tertiary/aromatic N) is 1. The van der Waals surface area contributed by atoms with Crippen molar-refractivity contribution in [1.29, 1.82) is 0 Å². The molecule has 0 spiro atoms. The number of alkyl halides is 3. The van der Waals surface area contributed by atoms with Crippen molar-refractivity contribution in [3.05, 3.63) is 35.4 Å². The van der Waals surface area contributed by atoms with E-state index >= 15 is 0 Å². The number of rotatable bonds is 4. The summed E-state index contributed by atoms with van der Waals surface area (Å²) in [5.74, 6) is 0.232. The summed E-state index contributed by atoms with van der Waals surface area (Å²) in [5, 5.41) is 2.79. The van der Waals surface area contributed by atoms with Crippen LogP contribution in [0.25, 0.3) is 0 Å². The summed E-state index contributed by atoms with van der Waals surface area (Å²) >= 11 is 0. The van der Waals surface area contributed by atoms with Gasteiger partial charge in [-0.05, 0) is 36.9 Å². The molecule has 0 aromatic heterocycles. The van der Waals surface area contributed by atoms with Gasteiger partial charge in [0.25, 0.3) is 0 Å². The molecule has 0 aliphatic carbocycles. The molecule has 1 aromatic rings. The molecule has 1 saturated heterocycles. The molecule has 0 saturated carbocycles. The number of likely N-dealkylation sites (tertiary alicyclic amines) is 1. The molecule has 2 rings (SSSR count). The minimum atomic E-state index is -4.32. The fourth-order valence-electron chi connectivity index (χ4n) is 2.93. The van der Waals surface area contributed by atoms with Crippen LogP contribution in [0.15, 0.2) is 24.3 Å². The highest BCUT2D eigenvalue weighted by molar-refractivity contribution is 5.72. The van der Waals surface area contributed by atoms with Gasteiger partial charge in [-0.25, -0.2) is 0 Å². The van der Waals surface area contributed by atoms with Gasteiger partial charge in [0.15, 0.2) is 0 Å². The zero-order chi connectivity index (χ0) is 16.2. The van der Waals surface area contributed by atoms with Gasteiger partial charge < -0.3 is 5.32 Å². The standard InChI is InChI=1S/C16H21F3N2O/c1-12(22)20-9-13-5-4-8-21(10-13)11-14-6-2-3-7-15(14)16(17,18)19/h2-3,6-7,13H,4-5,8-11H2,1H3,(H,20,22)/t13-/m0/s1. The van der Waals surface area contributed by atoms with Crippen LogP contribution in [0.3, 0.4) is 0 Å². The summed E-state index contributed by atoms with van der Waals surface area (Å²) in [7, 11) is 0. The molecule has 1 atom stereocenters. The van der Waals surface area contributed by atoms with E-state index < -0.39 is 11.7 Å². The number of hydrogen-bond acceptors (Lipinski definition) is 2. The van der Waals surface area contributed by atoms with Gasteiger partial charge in [0.1, 0.15) is 0 Å². The predicted octanol–water partition coefficient (Wildman–Crippen LogP) is 3.05. The molecule has 1 amide bonds. The molecular weight excluding hydrogens is 293 g/mol. The molecule has 6 heteroatoms. The first kappa shape index (κ1) is 16.8. The molecular formula is C16H21F3N2O. The van der Waals surface area contributed by atoms with Crippen LogP contribution < -0.4 is 5.32 Å². The van der Waals surface area contributed by atoms with Gasteiger partial charge in [0.2, 0.25) is 5.91 Å². The normalized spacial score (nSPS) is 19.9. The first-order valence-corrected chi connectivity index (χ1v) is 7.48. The van der Waals surface area contributed by atoms with Crippen LogP contribution in [0.5, 0.6) is 0 Å². The second-order valence-electron chi connectivity index (χ2n) is 5.84. The maximum Gasteiger partial charge on any atom is 0.416 e. The van der Waals surface area contributed by atoms with Crippen molar-refractivity contribution in [3.8, 4) is 0 Å². The van der Waals surface area contributed by atoms with Crippen LogP contribution in [0.2, 0.25) is 0 Å². The lowest BCUT2D eigenvalue weighted by Gasteiger charge is -2.33. The summed E-state index contributed by atoms with van der Waals surface area (Å²) in [4.78, 5) is 13.0. The van der Waals surface area contributed by atoms with Crippen molar-refractivity contribution in [2.75, 3.05) is 19.6 Å². The number of nitrogens with one attached hydrogen (secondary N) is 1. The second-order valence-corrected chi connectivity index (χ2v) is 5.84. The Labute approximate surface area is 128 Å². The highest BCUT2D eigenvalue weighted by Crippen LogP contribution is 2.32. The van der Waals surface area contributed by atoms with Gasteiger partial charge >= 0.3 is 6.18 Å². The summed E-state index contributed by atoms with van der Waals surface area (Å²) in [5.41, 5.74) is -0.242. The smallest absolute Gasteiger partial charge is 0.356 e. The largest absolute Gasteiger partial charge is 0.416 e. The fourth-order valence-corrected chi connectivity index (χ4v) is 2.93. The Morgan fingerprint density at radius 1 is 1.36 bits per heavy atom. The average Bonchev–Trinajstić information content (AvgIpc) is 2.45. The first-order chi connectivity index (χ1) is 10.4. The van der Waals surface area contributed by atoms with Crippen molar-refractivity contribution >= 4 is 5.91 Å². The third-order valence-corrected chi connectivity index (χ3v) is 3.96. The average molecular weight is 314 g/mol. The molecule has 1 aliphatic heterocycles. The monoisotopic (exact) mass is 314 g/mol.